The number of rotatable bonds is 2. The molecule has 0 bridgehead atoms. The number of hydrogen-bond acceptors (Lipinski definition) is 5. The number of sulfone groups is 1. The van der Waals surface area contributed by atoms with Gasteiger partial charge in [0.15, 0.2) is 5.91 Å². The molecule has 1 aromatic rings. The largest absolute Gasteiger partial charge is 1.00 e. The first kappa shape index (κ1) is 16.1. The normalized spacial score (nSPS) is 14.4. The Hall–Kier alpha value is 0.0752. The third kappa shape index (κ3) is 2.52. The average Bonchev–Trinajstić information content (AvgIpc) is 2.54. The summed E-state index contributed by atoms with van der Waals surface area (Å²) in [5.74, 6) is 3.75. The second kappa shape index (κ2) is 5.60. The van der Waals surface area contributed by atoms with Crippen LogP contribution in [0.15, 0.2) is 17.0 Å². The van der Waals surface area contributed by atoms with Gasteiger partial charge in [-0.1, -0.05) is 12.5 Å². The Balaban J connectivity index is 0.00000162. The van der Waals surface area contributed by atoms with E-state index in [2.05, 4.69) is 6.07 Å². The van der Waals surface area contributed by atoms with Gasteiger partial charge in [-0.2, -0.15) is 0 Å². The summed E-state index contributed by atoms with van der Waals surface area (Å²) in [6.07, 6.45) is 0. The van der Waals surface area contributed by atoms with E-state index in [1.165, 1.54) is 13.0 Å². The molecule has 2 rings (SSSR count). The average molecular weight is 339 g/mol. The van der Waals surface area contributed by atoms with Crippen LogP contribution in [0.2, 0.25) is 0 Å². The number of fused-ring (bicyclic) bond motifs is 1. The van der Waals surface area contributed by atoms with Gasteiger partial charge in [-0.25, -0.2) is 14.3 Å². The summed E-state index contributed by atoms with van der Waals surface area (Å²) >= 11 is 0. The third-order valence-electron chi connectivity index (χ3n) is 2.54. The molecule has 1 aromatic carbocycles. The van der Waals surface area contributed by atoms with Crippen molar-refractivity contribution in [1.29, 1.82) is 0 Å². The Morgan fingerprint density at radius 3 is 2.50 bits per heavy atom. The molecule has 1 aliphatic rings. The van der Waals surface area contributed by atoms with Crippen molar-refractivity contribution in [3.05, 3.63) is 29.3 Å². The Bertz CT molecular complexity index is 627. The van der Waals surface area contributed by atoms with Crippen LogP contribution in [0.25, 0.3) is 0 Å². The number of hydrazine groups is 1. The molecule has 90 valence electrons. The molecule has 2 N–H and O–H groups in total. The molecular weight excluding hydrogens is 330 g/mol. The molecule has 6 nitrogen and oxygen atoms in total. The van der Waals surface area contributed by atoms with E-state index in [4.69, 9.17) is 5.84 Å². The van der Waals surface area contributed by atoms with Crippen molar-refractivity contribution < 1.29 is 76.2 Å². The number of nitrogens with zero attached hydrogens (tertiary/aromatic N) is 1. The first-order valence-corrected chi connectivity index (χ1v) is 6.45. The van der Waals surface area contributed by atoms with Crippen LogP contribution in [-0.2, 0) is 9.84 Å². The van der Waals surface area contributed by atoms with E-state index < -0.39 is 21.7 Å². The predicted molar refractivity (Wildman–Crippen MR) is 57.7 cm³/mol. The molecule has 2 amide bonds. The number of carbonyl (C=O) groups is 2. The molecule has 8 heteroatoms. The van der Waals surface area contributed by atoms with E-state index in [0.29, 0.717) is 5.01 Å². The zero-order valence-corrected chi connectivity index (χ0v) is 15.7. The molecule has 0 aliphatic carbocycles. The Morgan fingerprint density at radius 1 is 1.33 bits per heavy atom. The maximum absolute atomic E-state index is 11.6. The van der Waals surface area contributed by atoms with Gasteiger partial charge < -0.3 is 4.79 Å². The summed E-state index contributed by atoms with van der Waals surface area (Å²) < 4.78 is 23.2. The standard InChI is InChI=1S/C10H9N2O4S.Rb/c1-2-17(15,16)6-3-4-7-8(5-6)10(14)12(11)9(7)13;/h3,5H,2,11H2,1H3;/q-1;+1. The quantitative estimate of drug-likeness (QED) is 0.264. The van der Waals surface area contributed by atoms with Gasteiger partial charge in [0.2, 0.25) is 5.91 Å². The second-order valence-corrected chi connectivity index (χ2v) is 5.79. The van der Waals surface area contributed by atoms with Crippen molar-refractivity contribution in [3.8, 4) is 0 Å². The van der Waals surface area contributed by atoms with Crippen LogP contribution in [0.3, 0.4) is 0 Å². The first-order chi connectivity index (χ1) is 7.88. The fraction of sp³-hybridized carbons (Fsp3) is 0.200. The maximum Gasteiger partial charge on any atom is 1.00 e. The molecule has 0 saturated carbocycles. The zero-order chi connectivity index (χ0) is 12.8. The van der Waals surface area contributed by atoms with Crippen LogP contribution in [-0.4, -0.2) is 31.0 Å². The van der Waals surface area contributed by atoms with Gasteiger partial charge in [0, 0.05) is 5.75 Å². The van der Waals surface area contributed by atoms with Crippen molar-refractivity contribution in [2.24, 2.45) is 5.84 Å². The molecule has 1 aliphatic heterocycles. The van der Waals surface area contributed by atoms with Gasteiger partial charge in [-0.05, 0) is 10.5 Å². The maximum atomic E-state index is 11.6. The van der Waals surface area contributed by atoms with E-state index >= 15 is 0 Å². The summed E-state index contributed by atoms with van der Waals surface area (Å²) in [6.45, 7) is 1.49. The van der Waals surface area contributed by atoms with Crippen LogP contribution in [0.1, 0.15) is 27.6 Å². The SMILES string of the molecule is CCS(=O)(=O)c1c[c-]c2c(c1)C(=O)N(N)C2=O.[Rb+]. The van der Waals surface area contributed by atoms with E-state index in [1.807, 2.05) is 0 Å². The van der Waals surface area contributed by atoms with E-state index in [1.54, 1.807) is 0 Å². The van der Waals surface area contributed by atoms with E-state index in [0.717, 1.165) is 6.07 Å². The first-order valence-electron chi connectivity index (χ1n) is 4.80. The minimum Gasteiger partial charge on any atom is -0.326 e. The fourth-order valence-electron chi connectivity index (χ4n) is 1.51. The molecule has 1 heterocycles. The van der Waals surface area contributed by atoms with Crippen LogP contribution in [0.4, 0.5) is 0 Å². The number of hydrogen-bond donors (Lipinski definition) is 1. The van der Waals surface area contributed by atoms with Gasteiger partial charge in [0.25, 0.3) is 0 Å². The van der Waals surface area contributed by atoms with Crippen LogP contribution in [0, 0.1) is 6.07 Å². The molecular formula is C10H9N2O4RbS. The number of amides is 2. The van der Waals surface area contributed by atoms with Crippen molar-refractivity contribution in [1.82, 2.24) is 5.01 Å². The van der Waals surface area contributed by atoms with Crippen LogP contribution in [0.5, 0.6) is 0 Å². The Labute approximate surface area is 153 Å². The minimum atomic E-state index is -3.43. The molecule has 18 heavy (non-hydrogen) atoms. The monoisotopic (exact) mass is 338 g/mol. The van der Waals surface area contributed by atoms with E-state index in [9.17, 15) is 18.0 Å². The summed E-state index contributed by atoms with van der Waals surface area (Å²) in [6, 6.07) is 4.84. The zero-order valence-electron chi connectivity index (χ0n) is 9.93. The van der Waals surface area contributed by atoms with Crippen molar-refractivity contribution >= 4 is 21.7 Å². The van der Waals surface area contributed by atoms with Crippen LogP contribution < -0.4 is 64.0 Å². The van der Waals surface area contributed by atoms with Crippen molar-refractivity contribution in [3.63, 3.8) is 0 Å². The summed E-state index contributed by atoms with van der Waals surface area (Å²) in [4.78, 5) is 22.9. The number of carbonyl (C=O) groups excluding carboxylic acids is 2. The fourth-order valence-corrected chi connectivity index (χ4v) is 2.38. The molecule has 0 unspecified atom stereocenters. The number of nitrogens with two attached hydrogens (primary N) is 1. The summed E-state index contributed by atoms with van der Waals surface area (Å²) in [5.41, 5.74) is -0.0143. The van der Waals surface area contributed by atoms with Gasteiger partial charge in [-0.15, -0.1) is 18.2 Å². The molecule has 0 aromatic heterocycles. The molecule has 0 atom stereocenters. The molecule has 0 spiro atoms. The van der Waals surface area contributed by atoms with E-state index in [-0.39, 0.29) is 80.0 Å². The Morgan fingerprint density at radius 2 is 1.94 bits per heavy atom. The van der Waals surface area contributed by atoms with Gasteiger partial charge in [0.05, 0.1) is 0 Å². The summed E-state index contributed by atoms with van der Waals surface area (Å²) in [5, 5.41) is 0.448. The number of benzene rings is 1. The van der Waals surface area contributed by atoms with Crippen molar-refractivity contribution in [2.75, 3.05) is 5.75 Å². The topological polar surface area (TPSA) is 97.5 Å². The molecule has 0 saturated heterocycles. The second-order valence-electron chi connectivity index (χ2n) is 3.51. The Kier molecular flexibility index (Phi) is 5.02. The van der Waals surface area contributed by atoms with Crippen molar-refractivity contribution in [2.45, 2.75) is 11.8 Å². The van der Waals surface area contributed by atoms with Gasteiger partial charge >= 0.3 is 58.2 Å². The smallest absolute Gasteiger partial charge is 0.326 e. The minimum absolute atomic E-state index is 0. The molecule has 0 radical (unpaired) electrons. The molecule has 0 fully saturated rings. The van der Waals surface area contributed by atoms with Gasteiger partial charge in [0.1, 0.15) is 9.84 Å². The van der Waals surface area contributed by atoms with Gasteiger partial charge in [-0.3, -0.25) is 9.80 Å². The third-order valence-corrected chi connectivity index (χ3v) is 4.25. The predicted octanol–water partition coefficient (Wildman–Crippen LogP) is -3.25. The van der Waals surface area contributed by atoms with Crippen LogP contribution >= 0.6 is 0 Å². The number of imide groups is 1. The summed E-state index contributed by atoms with van der Waals surface area (Å²) in [7, 11) is -3.43.